The van der Waals surface area contributed by atoms with Gasteiger partial charge in [0, 0.05) is 13.1 Å². The number of halogens is 1. The Bertz CT molecular complexity index is 390. The highest BCUT2D eigenvalue weighted by molar-refractivity contribution is 14.0. The summed E-state index contributed by atoms with van der Waals surface area (Å²) in [6.45, 7) is 3.14. The van der Waals surface area contributed by atoms with Gasteiger partial charge in [-0.05, 0) is 12.5 Å². The van der Waals surface area contributed by atoms with E-state index in [1.165, 1.54) is 0 Å². The van der Waals surface area contributed by atoms with Crippen molar-refractivity contribution in [1.29, 1.82) is 0 Å². The van der Waals surface area contributed by atoms with Crippen molar-refractivity contribution in [2.75, 3.05) is 13.1 Å². The molecule has 0 fully saturated rings. The van der Waals surface area contributed by atoms with Gasteiger partial charge in [0.1, 0.15) is 6.54 Å². The normalized spacial score (nSPS) is 9.17. The van der Waals surface area contributed by atoms with Crippen molar-refractivity contribution in [3.63, 3.8) is 0 Å². The van der Waals surface area contributed by atoms with Gasteiger partial charge in [0.25, 0.3) is 0 Å². The second-order valence-electron chi connectivity index (χ2n) is 3.63. The minimum Gasteiger partial charge on any atom is -0.370 e. The number of benzene rings is 1. The maximum absolute atomic E-state index is 11.8. The molecule has 0 spiro atoms. The van der Waals surface area contributed by atoms with Gasteiger partial charge in [0.15, 0.2) is 5.96 Å². The van der Waals surface area contributed by atoms with Gasteiger partial charge >= 0.3 is 0 Å². The van der Waals surface area contributed by atoms with Crippen molar-refractivity contribution >= 4 is 35.8 Å². The van der Waals surface area contributed by atoms with Gasteiger partial charge in [-0.25, -0.2) is 4.99 Å². The van der Waals surface area contributed by atoms with E-state index in [0.29, 0.717) is 13.1 Å². The van der Waals surface area contributed by atoms with E-state index < -0.39 is 0 Å². The first kappa shape index (κ1) is 16.7. The summed E-state index contributed by atoms with van der Waals surface area (Å²) < 4.78 is 0. The molecule has 6 heteroatoms. The molecule has 0 bridgehead atoms. The summed E-state index contributed by atoms with van der Waals surface area (Å²) in [4.78, 5) is 17.2. The molecule has 5 nitrogen and oxygen atoms in total. The molecule has 0 saturated carbocycles. The van der Waals surface area contributed by atoms with E-state index in [1.807, 2.05) is 37.3 Å². The van der Waals surface area contributed by atoms with Crippen LogP contribution in [0.4, 0.5) is 0 Å². The van der Waals surface area contributed by atoms with Crippen LogP contribution in [0.25, 0.3) is 0 Å². The average Bonchev–Trinajstić information content (AvgIpc) is 2.34. The topological polar surface area (TPSA) is 84.7 Å². The van der Waals surface area contributed by atoms with E-state index in [-0.39, 0.29) is 42.4 Å². The first-order valence-electron chi connectivity index (χ1n) is 5.50. The molecule has 0 radical (unpaired) electrons. The van der Waals surface area contributed by atoms with Gasteiger partial charge < -0.3 is 16.4 Å². The molecule has 1 aromatic rings. The molecule has 0 aliphatic rings. The lowest BCUT2D eigenvalue weighted by Crippen LogP contribution is -2.33. The van der Waals surface area contributed by atoms with Gasteiger partial charge in [-0.3, -0.25) is 4.79 Å². The molecule has 0 aliphatic carbocycles. The molecule has 0 saturated heterocycles. The molecule has 0 atom stereocenters. The Morgan fingerprint density at radius 1 is 1.28 bits per heavy atom. The number of hydrogen-bond acceptors (Lipinski definition) is 2. The summed E-state index contributed by atoms with van der Waals surface area (Å²) in [6.07, 6.45) is 0. The Kier molecular flexibility index (Phi) is 8.10. The van der Waals surface area contributed by atoms with Crippen LogP contribution >= 0.6 is 24.0 Å². The van der Waals surface area contributed by atoms with Crippen LogP contribution in [-0.2, 0) is 11.3 Å². The number of likely N-dealkylation sites (N-methyl/N-ethyl adjacent to an activating group) is 1. The SMILES string of the molecule is CCN(Cc1ccccc1)C(=O)CN=C(N)N.I. The Morgan fingerprint density at radius 3 is 2.39 bits per heavy atom. The summed E-state index contributed by atoms with van der Waals surface area (Å²) in [5.41, 5.74) is 11.5. The fourth-order valence-corrected chi connectivity index (χ4v) is 1.44. The molecule has 1 amide bonds. The second kappa shape index (κ2) is 8.73. The minimum atomic E-state index is -0.0789. The summed E-state index contributed by atoms with van der Waals surface area (Å²) in [5, 5.41) is 0. The van der Waals surface area contributed by atoms with Crippen LogP contribution in [0.3, 0.4) is 0 Å². The molecule has 100 valence electrons. The lowest BCUT2D eigenvalue weighted by molar-refractivity contribution is -0.130. The smallest absolute Gasteiger partial charge is 0.244 e. The predicted molar refractivity (Wildman–Crippen MR) is 83.6 cm³/mol. The third-order valence-corrected chi connectivity index (χ3v) is 2.35. The lowest BCUT2D eigenvalue weighted by Gasteiger charge is -2.20. The van der Waals surface area contributed by atoms with Crippen LogP contribution in [0, 0.1) is 0 Å². The van der Waals surface area contributed by atoms with Crippen LogP contribution in [0.15, 0.2) is 35.3 Å². The number of guanidine groups is 1. The number of nitrogens with zero attached hydrogens (tertiary/aromatic N) is 2. The second-order valence-corrected chi connectivity index (χ2v) is 3.63. The lowest BCUT2D eigenvalue weighted by atomic mass is 10.2. The summed E-state index contributed by atoms with van der Waals surface area (Å²) >= 11 is 0. The van der Waals surface area contributed by atoms with Crippen LogP contribution in [0.1, 0.15) is 12.5 Å². The maximum atomic E-state index is 11.8. The van der Waals surface area contributed by atoms with Crippen molar-refractivity contribution in [2.45, 2.75) is 13.5 Å². The fraction of sp³-hybridized carbons (Fsp3) is 0.333. The third kappa shape index (κ3) is 5.85. The number of carbonyl (C=O) groups is 1. The van der Waals surface area contributed by atoms with Crippen LogP contribution in [-0.4, -0.2) is 29.9 Å². The van der Waals surface area contributed by atoms with Gasteiger partial charge in [0.05, 0.1) is 0 Å². The van der Waals surface area contributed by atoms with Gasteiger partial charge in [-0.2, -0.15) is 0 Å². The number of aliphatic imine (C=N–C) groups is 1. The van der Waals surface area contributed by atoms with Crippen molar-refractivity contribution in [1.82, 2.24) is 4.90 Å². The van der Waals surface area contributed by atoms with E-state index in [2.05, 4.69) is 4.99 Å². The molecule has 0 aromatic heterocycles. The van der Waals surface area contributed by atoms with Crippen molar-refractivity contribution in [3.8, 4) is 0 Å². The first-order chi connectivity index (χ1) is 8.13. The van der Waals surface area contributed by atoms with E-state index in [4.69, 9.17) is 11.5 Å². The van der Waals surface area contributed by atoms with E-state index in [9.17, 15) is 4.79 Å². The molecule has 0 unspecified atom stereocenters. The molecule has 18 heavy (non-hydrogen) atoms. The Hall–Kier alpha value is -1.31. The number of nitrogens with two attached hydrogens (primary N) is 2. The Labute approximate surface area is 124 Å². The van der Waals surface area contributed by atoms with Gasteiger partial charge in [-0.1, -0.05) is 30.3 Å². The monoisotopic (exact) mass is 362 g/mol. The summed E-state index contributed by atoms with van der Waals surface area (Å²) in [7, 11) is 0. The zero-order valence-corrected chi connectivity index (χ0v) is 12.7. The number of hydrogen-bond donors (Lipinski definition) is 2. The van der Waals surface area contributed by atoms with Crippen LogP contribution in [0.5, 0.6) is 0 Å². The molecule has 0 aliphatic heterocycles. The molecule has 4 N–H and O–H groups in total. The molecule has 1 aromatic carbocycles. The van der Waals surface area contributed by atoms with Crippen molar-refractivity contribution in [3.05, 3.63) is 35.9 Å². The highest BCUT2D eigenvalue weighted by atomic mass is 127. The van der Waals surface area contributed by atoms with Crippen LogP contribution in [0.2, 0.25) is 0 Å². The number of carbonyl (C=O) groups excluding carboxylic acids is 1. The van der Waals surface area contributed by atoms with Crippen molar-refractivity contribution in [2.24, 2.45) is 16.5 Å². The quantitative estimate of drug-likeness (QED) is 0.464. The number of amides is 1. The highest BCUT2D eigenvalue weighted by Gasteiger charge is 2.11. The fourth-order valence-electron chi connectivity index (χ4n) is 1.44. The summed E-state index contributed by atoms with van der Waals surface area (Å²) in [6, 6.07) is 9.81. The maximum Gasteiger partial charge on any atom is 0.244 e. The molecular weight excluding hydrogens is 343 g/mol. The average molecular weight is 362 g/mol. The third-order valence-electron chi connectivity index (χ3n) is 2.35. The van der Waals surface area contributed by atoms with E-state index in [1.54, 1.807) is 4.90 Å². The molecular formula is C12H19IN4O. The first-order valence-corrected chi connectivity index (χ1v) is 5.50. The zero-order chi connectivity index (χ0) is 12.7. The Balaban J connectivity index is 0.00000289. The van der Waals surface area contributed by atoms with E-state index >= 15 is 0 Å². The standard InChI is InChI=1S/C12H18N4O.HI/c1-2-16(11(17)8-15-12(13)14)9-10-6-4-3-5-7-10;/h3-7H,2,8-9H2,1H3,(H4,13,14,15);1H. The summed E-state index contributed by atoms with van der Waals surface area (Å²) in [5.74, 6) is -0.140. The minimum absolute atomic E-state index is 0. The Morgan fingerprint density at radius 2 is 1.89 bits per heavy atom. The largest absolute Gasteiger partial charge is 0.370 e. The van der Waals surface area contributed by atoms with Crippen LogP contribution < -0.4 is 11.5 Å². The zero-order valence-electron chi connectivity index (χ0n) is 10.4. The van der Waals surface area contributed by atoms with Crippen molar-refractivity contribution < 1.29 is 4.79 Å². The van der Waals surface area contributed by atoms with E-state index in [0.717, 1.165) is 5.56 Å². The number of rotatable bonds is 5. The molecule has 0 heterocycles. The predicted octanol–water partition coefficient (Wildman–Crippen LogP) is 0.926. The molecule has 1 rings (SSSR count). The highest BCUT2D eigenvalue weighted by Crippen LogP contribution is 2.04. The van der Waals surface area contributed by atoms with Gasteiger partial charge in [-0.15, -0.1) is 24.0 Å². The van der Waals surface area contributed by atoms with Gasteiger partial charge in [0.2, 0.25) is 5.91 Å².